The molecule has 2 heterocycles. The molecule has 0 radical (unpaired) electrons. The summed E-state index contributed by atoms with van der Waals surface area (Å²) in [5.74, 6) is -0.190. The maximum atomic E-state index is 13.9. The summed E-state index contributed by atoms with van der Waals surface area (Å²) in [6.07, 6.45) is 4.06. The molecule has 9 heteroatoms. The Kier molecular flexibility index (Phi) is 8.16. The van der Waals surface area contributed by atoms with Gasteiger partial charge in [0.1, 0.15) is 11.4 Å². The standard InChI is InChI=1S/C23H33FN4O3S/c1-26(2)10-5-11-28-21(30)23(25-22(28)31,15-17-6-4-7-19(24)14-17)18-8-12-27(13-9-18)20(29)16-32-3/h4,6-7,14,18H,5,8-13,15-16H2,1-3H3,(H,25,31)/t23-/m0/s1. The maximum Gasteiger partial charge on any atom is 0.325 e. The van der Waals surface area contributed by atoms with Crippen molar-refractivity contribution in [3.8, 4) is 0 Å². The number of urea groups is 1. The van der Waals surface area contributed by atoms with Gasteiger partial charge in [-0.1, -0.05) is 12.1 Å². The monoisotopic (exact) mass is 464 g/mol. The number of piperidine rings is 1. The molecule has 2 saturated heterocycles. The summed E-state index contributed by atoms with van der Waals surface area (Å²) >= 11 is 1.49. The van der Waals surface area contributed by atoms with Gasteiger partial charge in [0.25, 0.3) is 5.91 Å². The molecule has 1 N–H and O–H groups in total. The van der Waals surface area contributed by atoms with Crippen molar-refractivity contribution < 1.29 is 18.8 Å². The number of carbonyl (C=O) groups is 3. The number of nitrogens with one attached hydrogen (secondary N) is 1. The number of likely N-dealkylation sites (tertiary alicyclic amines) is 1. The highest BCUT2D eigenvalue weighted by Gasteiger charge is 2.55. The number of hydrogen-bond acceptors (Lipinski definition) is 5. The number of amides is 4. The van der Waals surface area contributed by atoms with E-state index in [0.29, 0.717) is 50.2 Å². The number of nitrogens with zero attached hydrogens (tertiary/aromatic N) is 3. The summed E-state index contributed by atoms with van der Waals surface area (Å²) in [5, 5.41) is 3.01. The van der Waals surface area contributed by atoms with Gasteiger partial charge in [0.2, 0.25) is 5.91 Å². The smallest absolute Gasteiger partial charge is 0.325 e. The Morgan fingerprint density at radius 3 is 2.62 bits per heavy atom. The molecular weight excluding hydrogens is 431 g/mol. The van der Waals surface area contributed by atoms with Crippen LogP contribution < -0.4 is 5.32 Å². The van der Waals surface area contributed by atoms with Crippen LogP contribution in [-0.2, 0) is 16.0 Å². The van der Waals surface area contributed by atoms with E-state index in [4.69, 9.17) is 0 Å². The minimum atomic E-state index is -1.11. The molecule has 4 amide bonds. The number of imide groups is 1. The fraction of sp³-hybridized carbons (Fsp3) is 0.609. The highest BCUT2D eigenvalue weighted by Crippen LogP contribution is 2.36. The topological polar surface area (TPSA) is 73.0 Å². The molecule has 1 atom stereocenters. The van der Waals surface area contributed by atoms with Crippen molar-refractivity contribution in [2.24, 2.45) is 5.92 Å². The van der Waals surface area contributed by atoms with Crippen LogP contribution >= 0.6 is 11.8 Å². The Hall–Kier alpha value is -2.13. The number of hydrogen-bond donors (Lipinski definition) is 1. The summed E-state index contributed by atoms with van der Waals surface area (Å²) in [4.78, 5) is 44.0. The third-order valence-electron chi connectivity index (χ3n) is 6.37. The first-order valence-corrected chi connectivity index (χ1v) is 12.5. The van der Waals surface area contributed by atoms with Crippen LogP contribution in [0.1, 0.15) is 24.8 Å². The van der Waals surface area contributed by atoms with Gasteiger partial charge >= 0.3 is 6.03 Å². The van der Waals surface area contributed by atoms with E-state index >= 15 is 0 Å². The van der Waals surface area contributed by atoms with Crippen molar-refractivity contribution in [3.05, 3.63) is 35.6 Å². The zero-order chi connectivity index (χ0) is 23.3. The van der Waals surface area contributed by atoms with E-state index in [9.17, 15) is 18.8 Å². The van der Waals surface area contributed by atoms with E-state index in [0.717, 1.165) is 6.54 Å². The first-order chi connectivity index (χ1) is 15.3. The predicted molar refractivity (Wildman–Crippen MR) is 124 cm³/mol. The first kappa shape index (κ1) is 24.5. The van der Waals surface area contributed by atoms with Gasteiger partial charge in [0, 0.05) is 26.1 Å². The lowest BCUT2D eigenvalue weighted by Gasteiger charge is -2.41. The van der Waals surface area contributed by atoms with E-state index in [1.54, 1.807) is 12.1 Å². The lowest BCUT2D eigenvalue weighted by molar-refractivity contribution is -0.135. The Balaban J connectivity index is 1.82. The lowest BCUT2D eigenvalue weighted by atomic mass is 9.74. The summed E-state index contributed by atoms with van der Waals surface area (Å²) in [7, 11) is 3.90. The molecule has 0 aromatic heterocycles. The van der Waals surface area contributed by atoms with Crippen LogP contribution in [0.2, 0.25) is 0 Å². The molecule has 2 fully saturated rings. The third kappa shape index (κ3) is 5.43. The van der Waals surface area contributed by atoms with Gasteiger partial charge in [-0.15, -0.1) is 0 Å². The van der Waals surface area contributed by atoms with Gasteiger partial charge in [0.05, 0.1) is 5.75 Å². The second kappa shape index (κ2) is 10.7. The van der Waals surface area contributed by atoms with Crippen LogP contribution in [0.15, 0.2) is 24.3 Å². The minimum Gasteiger partial charge on any atom is -0.342 e. The largest absolute Gasteiger partial charge is 0.342 e. The van der Waals surface area contributed by atoms with Crippen LogP contribution in [0.5, 0.6) is 0 Å². The zero-order valence-electron chi connectivity index (χ0n) is 19.1. The molecule has 32 heavy (non-hydrogen) atoms. The number of carbonyl (C=O) groups excluding carboxylic acids is 3. The average molecular weight is 465 g/mol. The Bertz CT molecular complexity index is 844. The predicted octanol–water partition coefficient (Wildman–Crippen LogP) is 2.21. The second-order valence-corrected chi connectivity index (χ2v) is 9.78. The molecule has 7 nitrogen and oxygen atoms in total. The summed E-state index contributed by atoms with van der Waals surface area (Å²) in [5.41, 5.74) is -0.438. The van der Waals surface area contributed by atoms with Crippen molar-refractivity contribution >= 4 is 29.6 Å². The molecule has 0 unspecified atom stereocenters. The molecule has 0 bridgehead atoms. The fourth-order valence-corrected chi connectivity index (χ4v) is 5.17. The molecule has 2 aliphatic rings. The molecular formula is C23H33FN4O3S. The summed E-state index contributed by atoms with van der Waals surface area (Å²) in [6.45, 7) is 2.22. The van der Waals surface area contributed by atoms with Crippen molar-refractivity contribution in [3.63, 3.8) is 0 Å². The number of thioether (sulfide) groups is 1. The highest BCUT2D eigenvalue weighted by molar-refractivity contribution is 7.99. The normalized spacial score (nSPS) is 22.0. The van der Waals surface area contributed by atoms with Crippen LogP contribution in [0.4, 0.5) is 9.18 Å². The van der Waals surface area contributed by atoms with E-state index in [2.05, 4.69) is 5.32 Å². The second-order valence-electron chi connectivity index (χ2n) is 8.91. The molecule has 0 saturated carbocycles. The van der Waals surface area contributed by atoms with Crippen LogP contribution in [0, 0.1) is 11.7 Å². The van der Waals surface area contributed by atoms with Gasteiger partial charge < -0.3 is 15.1 Å². The summed E-state index contributed by atoms with van der Waals surface area (Å²) in [6, 6.07) is 5.82. The SMILES string of the molecule is CSCC(=O)N1CCC([C@]2(Cc3cccc(F)c3)NC(=O)N(CCCN(C)C)C2=O)CC1. The number of halogens is 1. The zero-order valence-corrected chi connectivity index (χ0v) is 19.9. The number of rotatable bonds is 9. The Morgan fingerprint density at radius 1 is 1.28 bits per heavy atom. The quantitative estimate of drug-likeness (QED) is 0.568. The van der Waals surface area contributed by atoms with E-state index in [1.165, 1.54) is 28.8 Å². The van der Waals surface area contributed by atoms with Gasteiger partial charge in [-0.05, 0) is 69.8 Å². The fourth-order valence-electron chi connectivity index (χ4n) is 4.74. The van der Waals surface area contributed by atoms with Crippen molar-refractivity contribution in [1.29, 1.82) is 0 Å². The Labute approximate surface area is 193 Å². The van der Waals surface area contributed by atoms with Crippen molar-refractivity contribution in [2.75, 3.05) is 52.3 Å². The average Bonchev–Trinajstić information content (AvgIpc) is 2.98. The molecule has 176 valence electrons. The Morgan fingerprint density at radius 2 is 2.00 bits per heavy atom. The molecule has 1 aromatic rings. The molecule has 0 spiro atoms. The van der Waals surface area contributed by atoms with Crippen molar-refractivity contribution in [2.45, 2.75) is 31.2 Å². The van der Waals surface area contributed by atoms with E-state index in [1.807, 2.05) is 30.2 Å². The molecule has 2 aliphatic heterocycles. The van der Waals surface area contributed by atoms with Gasteiger partial charge in [-0.2, -0.15) is 11.8 Å². The minimum absolute atomic E-state index is 0.0993. The summed E-state index contributed by atoms with van der Waals surface area (Å²) < 4.78 is 13.9. The maximum absolute atomic E-state index is 13.9. The lowest BCUT2D eigenvalue weighted by Crippen LogP contribution is -2.58. The number of benzene rings is 1. The third-order valence-corrected chi connectivity index (χ3v) is 6.91. The van der Waals surface area contributed by atoms with Gasteiger partial charge in [-0.25, -0.2) is 9.18 Å². The highest BCUT2D eigenvalue weighted by atomic mass is 32.2. The van der Waals surface area contributed by atoms with Crippen LogP contribution in [0.25, 0.3) is 0 Å². The van der Waals surface area contributed by atoms with E-state index < -0.39 is 5.54 Å². The molecule has 3 rings (SSSR count). The van der Waals surface area contributed by atoms with Crippen LogP contribution in [-0.4, -0.2) is 90.4 Å². The van der Waals surface area contributed by atoms with Gasteiger partial charge in [-0.3, -0.25) is 14.5 Å². The van der Waals surface area contributed by atoms with E-state index in [-0.39, 0.29) is 36.0 Å². The van der Waals surface area contributed by atoms with Crippen LogP contribution in [0.3, 0.4) is 0 Å². The first-order valence-electron chi connectivity index (χ1n) is 11.1. The van der Waals surface area contributed by atoms with Crippen molar-refractivity contribution in [1.82, 2.24) is 20.0 Å². The molecule has 0 aliphatic carbocycles. The van der Waals surface area contributed by atoms with Gasteiger partial charge in [0.15, 0.2) is 0 Å². The molecule has 1 aromatic carbocycles.